The summed E-state index contributed by atoms with van der Waals surface area (Å²) >= 11 is 0. The Labute approximate surface area is 199 Å². The van der Waals surface area contributed by atoms with Gasteiger partial charge in [-0.15, -0.1) is 0 Å². The minimum absolute atomic E-state index is 0.134. The van der Waals surface area contributed by atoms with Crippen molar-refractivity contribution in [1.29, 1.82) is 0 Å². The van der Waals surface area contributed by atoms with Crippen molar-refractivity contribution < 1.29 is 32.1 Å². The van der Waals surface area contributed by atoms with Crippen LogP contribution in [0.4, 0.5) is 5.69 Å². The van der Waals surface area contributed by atoms with Gasteiger partial charge in [0.25, 0.3) is 10.0 Å². The fourth-order valence-corrected chi connectivity index (χ4v) is 4.43. The second-order valence-corrected chi connectivity index (χ2v) is 8.70. The molecule has 0 fully saturated rings. The van der Waals surface area contributed by atoms with Crippen LogP contribution in [0.25, 0.3) is 12.2 Å². The van der Waals surface area contributed by atoms with Crippen LogP contribution in [0.2, 0.25) is 0 Å². The molecule has 3 rings (SSSR count). The van der Waals surface area contributed by atoms with Gasteiger partial charge in [0.1, 0.15) is 0 Å². The smallest absolute Gasteiger partial charge is 0.262 e. The fourth-order valence-electron chi connectivity index (χ4n) is 3.35. The molecule has 8 nitrogen and oxygen atoms in total. The van der Waals surface area contributed by atoms with E-state index in [2.05, 4.69) is 4.72 Å². The first kappa shape index (κ1) is 24.8. The van der Waals surface area contributed by atoms with E-state index in [0.717, 1.165) is 5.56 Å². The molecule has 180 valence electrons. The molecule has 34 heavy (non-hydrogen) atoms. The predicted molar refractivity (Wildman–Crippen MR) is 132 cm³/mol. The first-order chi connectivity index (χ1) is 16.4. The molecule has 0 radical (unpaired) electrons. The zero-order chi connectivity index (χ0) is 24.7. The molecule has 0 aromatic heterocycles. The van der Waals surface area contributed by atoms with Crippen molar-refractivity contribution in [2.24, 2.45) is 0 Å². The van der Waals surface area contributed by atoms with E-state index < -0.39 is 10.0 Å². The molecule has 3 aromatic rings. The number of rotatable bonds is 10. The van der Waals surface area contributed by atoms with Crippen molar-refractivity contribution in [1.82, 2.24) is 0 Å². The molecule has 0 aliphatic heterocycles. The lowest BCUT2D eigenvalue weighted by Gasteiger charge is -2.16. The number of methoxy groups -OCH3 is 5. The summed E-state index contributed by atoms with van der Waals surface area (Å²) in [6, 6.07) is 15.1. The Bertz CT molecular complexity index is 1250. The van der Waals surface area contributed by atoms with Crippen LogP contribution in [0.15, 0.2) is 59.5 Å². The number of anilines is 1. The van der Waals surface area contributed by atoms with E-state index in [9.17, 15) is 8.42 Å². The summed E-state index contributed by atoms with van der Waals surface area (Å²) in [6.45, 7) is 0. The van der Waals surface area contributed by atoms with E-state index in [4.69, 9.17) is 23.7 Å². The quantitative estimate of drug-likeness (QED) is 0.416. The van der Waals surface area contributed by atoms with Gasteiger partial charge in [-0.2, -0.15) is 0 Å². The second kappa shape index (κ2) is 10.8. The van der Waals surface area contributed by atoms with Crippen LogP contribution < -0.4 is 28.4 Å². The Morgan fingerprint density at radius 3 is 1.59 bits per heavy atom. The molecule has 0 saturated carbocycles. The highest BCUT2D eigenvalue weighted by Crippen LogP contribution is 2.40. The van der Waals surface area contributed by atoms with Gasteiger partial charge in [-0.05, 0) is 47.5 Å². The number of nitrogens with one attached hydrogen (secondary N) is 1. The van der Waals surface area contributed by atoms with Crippen LogP contribution in [0.3, 0.4) is 0 Å². The Kier molecular flexibility index (Phi) is 7.91. The maximum Gasteiger partial charge on any atom is 0.262 e. The van der Waals surface area contributed by atoms with Crippen molar-refractivity contribution in [3.8, 4) is 28.7 Å². The van der Waals surface area contributed by atoms with Crippen molar-refractivity contribution in [2.45, 2.75) is 4.90 Å². The van der Waals surface area contributed by atoms with Crippen LogP contribution >= 0.6 is 0 Å². The molecule has 0 atom stereocenters. The Morgan fingerprint density at radius 1 is 0.647 bits per heavy atom. The first-order valence-corrected chi connectivity index (χ1v) is 11.7. The fraction of sp³-hybridized carbons (Fsp3) is 0.200. The predicted octanol–water partition coefficient (Wildman–Crippen LogP) is 4.70. The van der Waals surface area contributed by atoms with Crippen molar-refractivity contribution in [3.63, 3.8) is 0 Å². The largest absolute Gasteiger partial charge is 0.493 e. The molecular formula is C25H27NO7S. The Morgan fingerprint density at radius 2 is 1.12 bits per heavy atom. The zero-order valence-electron chi connectivity index (χ0n) is 19.6. The molecule has 0 bridgehead atoms. The standard InChI is InChI=1S/C25H27NO7S/c1-29-21-14-17(11-12-18-15-22(30-2)25(33-5)23(16-18)31-3)13-20(24(21)32-4)26-34(27,28)19-9-7-6-8-10-19/h6-16,26H,1-5H3/b12-11-. The van der Waals surface area contributed by atoms with E-state index in [0.29, 0.717) is 28.6 Å². The summed E-state index contributed by atoms with van der Waals surface area (Å²) in [5.41, 5.74) is 1.71. The molecule has 1 N–H and O–H groups in total. The van der Waals surface area contributed by atoms with Crippen LogP contribution in [-0.2, 0) is 10.0 Å². The Balaban J connectivity index is 2.03. The monoisotopic (exact) mass is 485 g/mol. The zero-order valence-corrected chi connectivity index (χ0v) is 20.4. The molecule has 0 heterocycles. The van der Waals surface area contributed by atoms with Gasteiger partial charge in [-0.25, -0.2) is 8.42 Å². The van der Waals surface area contributed by atoms with Crippen LogP contribution in [0.1, 0.15) is 11.1 Å². The summed E-state index contributed by atoms with van der Waals surface area (Å²) in [6.07, 6.45) is 3.64. The van der Waals surface area contributed by atoms with Gasteiger partial charge in [0.2, 0.25) is 5.75 Å². The summed E-state index contributed by atoms with van der Waals surface area (Å²) in [7, 11) is 3.73. The van der Waals surface area contributed by atoms with Crippen LogP contribution in [-0.4, -0.2) is 44.0 Å². The number of hydrogen-bond donors (Lipinski definition) is 1. The molecule has 0 aliphatic carbocycles. The Hall–Kier alpha value is -3.85. The summed E-state index contributed by atoms with van der Waals surface area (Å²) in [4.78, 5) is 0.134. The van der Waals surface area contributed by atoms with Gasteiger partial charge >= 0.3 is 0 Å². The van der Waals surface area contributed by atoms with Gasteiger partial charge in [-0.3, -0.25) is 4.72 Å². The lowest BCUT2D eigenvalue weighted by atomic mass is 10.1. The second-order valence-electron chi connectivity index (χ2n) is 7.01. The average Bonchev–Trinajstić information content (AvgIpc) is 2.86. The summed E-state index contributed by atoms with van der Waals surface area (Å²) < 4.78 is 55.4. The highest BCUT2D eigenvalue weighted by molar-refractivity contribution is 7.92. The van der Waals surface area contributed by atoms with Gasteiger partial charge in [0.05, 0.1) is 46.1 Å². The highest BCUT2D eigenvalue weighted by Gasteiger charge is 2.19. The lowest BCUT2D eigenvalue weighted by Crippen LogP contribution is -2.14. The van der Waals surface area contributed by atoms with Crippen molar-refractivity contribution in [2.75, 3.05) is 40.3 Å². The third-order valence-electron chi connectivity index (χ3n) is 4.95. The van der Waals surface area contributed by atoms with Gasteiger partial charge in [-0.1, -0.05) is 30.4 Å². The number of ether oxygens (including phenoxy) is 5. The number of benzene rings is 3. The molecule has 3 aromatic carbocycles. The minimum atomic E-state index is -3.84. The van der Waals surface area contributed by atoms with Crippen molar-refractivity contribution >= 4 is 27.9 Å². The molecular weight excluding hydrogens is 458 g/mol. The maximum atomic E-state index is 12.9. The van der Waals surface area contributed by atoms with Crippen LogP contribution in [0, 0.1) is 0 Å². The minimum Gasteiger partial charge on any atom is -0.493 e. The summed E-state index contributed by atoms with van der Waals surface area (Å²) in [5, 5.41) is 0. The molecule has 0 aliphatic rings. The molecule has 0 saturated heterocycles. The average molecular weight is 486 g/mol. The van der Waals surface area contributed by atoms with E-state index in [-0.39, 0.29) is 16.3 Å². The number of sulfonamides is 1. The maximum absolute atomic E-state index is 12.9. The highest BCUT2D eigenvalue weighted by atomic mass is 32.2. The SMILES string of the molecule is COc1cc(/C=C\c2cc(OC)c(OC)c(OC)c2)cc(NS(=O)(=O)c2ccccc2)c1OC. The topological polar surface area (TPSA) is 92.3 Å². The van der Waals surface area contributed by atoms with E-state index in [1.807, 2.05) is 12.2 Å². The van der Waals surface area contributed by atoms with Gasteiger partial charge in [0, 0.05) is 0 Å². The summed E-state index contributed by atoms with van der Waals surface area (Å²) in [5.74, 6) is 2.17. The normalized spacial score (nSPS) is 11.2. The molecule has 0 spiro atoms. The third-order valence-corrected chi connectivity index (χ3v) is 6.34. The van der Waals surface area contributed by atoms with E-state index in [1.54, 1.807) is 56.7 Å². The van der Waals surface area contributed by atoms with Gasteiger partial charge in [0.15, 0.2) is 23.0 Å². The van der Waals surface area contributed by atoms with E-state index >= 15 is 0 Å². The lowest BCUT2D eigenvalue weighted by molar-refractivity contribution is 0.324. The molecule has 0 amide bonds. The third kappa shape index (κ3) is 5.37. The molecule has 9 heteroatoms. The van der Waals surface area contributed by atoms with E-state index in [1.165, 1.54) is 33.5 Å². The van der Waals surface area contributed by atoms with Gasteiger partial charge < -0.3 is 23.7 Å². The first-order valence-electron chi connectivity index (χ1n) is 10.2. The molecule has 0 unspecified atom stereocenters. The van der Waals surface area contributed by atoms with Crippen molar-refractivity contribution in [3.05, 3.63) is 65.7 Å². The van der Waals surface area contributed by atoms with Crippen LogP contribution in [0.5, 0.6) is 28.7 Å². The number of hydrogen-bond acceptors (Lipinski definition) is 7.